The summed E-state index contributed by atoms with van der Waals surface area (Å²) in [7, 11) is -8.36. The molecule has 1 atom stereocenters. The van der Waals surface area contributed by atoms with Crippen LogP contribution in [0.25, 0.3) is 10.2 Å². The van der Waals surface area contributed by atoms with Gasteiger partial charge in [-0.05, 0) is 36.7 Å². The predicted molar refractivity (Wildman–Crippen MR) is 107 cm³/mol. The van der Waals surface area contributed by atoms with Crippen LogP contribution in [0.2, 0.25) is 5.02 Å². The van der Waals surface area contributed by atoms with E-state index in [0.717, 1.165) is 14.6 Å². The summed E-state index contributed by atoms with van der Waals surface area (Å²) in [4.78, 5) is 0. The highest BCUT2D eigenvalue weighted by Crippen LogP contribution is 2.31. The number of unbranched alkanes of at least 4 members (excludes halogenated alkanes) is 1. The fraction of sp³-hybridized carbons (Fsp3) is 0.533. The second-order valence-electron chi connectivity index (χ2n) is 5.96. The number of hydrogen-bond acceptors (Lipinski definition) is 7. The molecule has 1 aromatic heterocycles. The Hall–Kier alpha value is -0.430. The van der Waals surface area contributed by atoms with E-state index in [0.29, 0.717) is 24.4 Å². The molecule has 2 rings (SSSR count). The maximum atomic E-state index is 11.4. The third-order valence-electron chi connectivity index (χ3n) is 3.92. The maximum Gasteiger partial charge on any atom is 0.298 e. The molecule has 0 aliphatic carbocycles. The van der Waals surface area contributed by atoms with E-state index in [1.807, 2.05) is 10.6 Å². The maximum absolute atomic E-state index is 11.4. The molecule has 0 radical (unpaired) electrons. The van der Waals surface area contributed by atoms with Crippen LogP contribution in [0.1, 0.15) is 26.2 Å². The number of thioether (sulfide) groups is 1. The third-order valence-corrected chi connectivity index (χ3v) is 9.10. The van der Waals surface area contributed by atoms with E-state index in [2.05, 4.69) is 0 Å². The molecule has 7 nitrogen and oxygen atoms in total. The fourth-order valence-electron chi connectivity index (χ4n) is 2.48. The Morgan fingerprint density at radius 1 is 1.30 bits per heavy atom. The van der Waals surface area contributed by atoms with E-state index in [-0.39, 0.29) is 12.2 Å². The minimum atomic E-state index is -4.24. The summed E-state index contributed by atoms with van der Waals surface area (Å²) in [5.41, 5.74) is 0.861. The highest BCUT2D eigenvalue weighted by atomic mass is 35.5. The molecule has 1 heterocycles. The SMILES string of the molecule is CCC(CSc1sc2ccc(Cl)cc2[n+]1CCCCS(=O)(=O)[O-])S(=O)(=O)O. The van der Waals surface area contributed by atoms with Crippen molar-refractivity contribution in [1.29, 1.82) is 0 Å². The number of fused-ring (bicyclic) bond motifs is 1. The van der Waals surface area contributed by atoms with Gasteiger partial charge in [0.1, 0.15) is 4.70 Å². The van der Waals surface area contributed by atoms with Crippen LogP contribution in [0.15, 0.2) is 22.5 Å². The Bertz CT molecular complexity index is 1000. The topological polar surface area (TPSA) is 115 Å². The second-order valence-corrected chi connectivity index (χ2v) is 11.9. The van der Waals surface area contributed by atoms with Crippen LogP contribution in [-0.4, -0.2) is 42.7 Å². The Morgan fingerprint density at radius 2 is 2.00 bits per heavy atom. The lowest BCUT2D eigenvalue weighted by Gasteiger charge is -2.09. The van der Waals surface area contributed by atoms with E-state index in [1.54, 1.807) is 19.1 Å². The summed E-state index contributed by atoms with van der Waals surface area (Å²) < 4.78 is 68.2. The number of thiazole rings is 1. The van der Waals surface area contributed by atoms with Gasteiger partial charge in [0.2, 0.25) is 5.52 Å². The molecule has 1 aromatic carbocycles. The molecule has 0 spiro atoms. The first kappa shape index (κ1) is 22.9. The molecule has 0 fully saturated rings. The lowest BCUT2D eigenvalue weighted by Crippen LogP contribution is -2.35. The van der Waals surface area contributed by atoms with Gasteiger partial charge in [0.15, 0.2) is 6.54 Å². The quantitative estimate of drug-likeness (QED) is 0.244. The zero-order valence-corrected chi connectivity index (χ0v) is 18.5. The number of aromatic nitrogens is 1. The highest BCUT2D eigenvalue weighted by Gasteiger charge is 2.26. The summed E-state index contributed by atoms with van der Waals surface area (Å²) in [6.45, 7) is 2.17. The van der Waals surface area contributed by atoms with Gasteiger partial charge in [0.05, 0.1) is 15.4 Å². The number of hydrogen-bond donors (Lipinski definition) is 1. The molecule has 0 saturated carbocycles. The molecule has 1 N–H and O–H groups in total. The van der Waals surface area contributed by atoms with Crippen LogP contribution in [0, 0.1) is 0 Å². The molecular formula is C15H20ClNO6S4. The summed E-state index contributed by atoms with van der Waals surface area (Å²) >= 11 is 8.87. The summed E-state index contributed by atoms with van der Waals surface area (Å²) in [6, 6.07) is 5.42. The molecule has 27 heavy (non-hydrogen) atoms. The lowest BCUT2D eigenvalue weighted by molar-refractivity contribution is -0.702. The first-order valence-corrected chi connectivity index (χ1v) is 13.4. The molecule has 12 heteroatoms. The van der Waals surface area contributed by atoms with Crippen molar-refractivity contribution in [3.63, 3.8) is 0 Å². The standard InChI is InChI=1S/C15H20ClNO6S4/c1-2-12(27(21,22)23)10-24-15-17(7-3-4-8-26(18,19)20)13-9-11(16)5-6-14(13)25-15/h5-6,9,12H,2-4,7-8,10H2,1H3,(H-,18,19,20,21,22,23). The zero-order chi connectivity index (χ0) is 20.2. The van der Waals surface area contributed by atoms with Gasteiger partial charge in [-0.2, -0.15) is 13.0 Å². The Labute approximate surface area is 172 Å². The zero-order valence-electron chi connectivity index (χ0n) is 14.5. The normalized spacial score (nSPS) is 13.9. The molecule has 0 saturated heterocycles. The van der Waals surface area contributed by atoms with Crippen molar-refractivity contribution in [2.24, 2.45) is 0 Å². The number of nitrogens with zero attached hydrogens (tertiary/aromatic N) is 1. The average Bonchev–Trinajstić information content (AvgIpc) is 2.87. The van der Waals surface area contributed by atoms with E-state index < -0.39 is 31.2 Å². The first-order valence-electron chi connectivity index (χ1n) is 8.16. The van der Waals surface area contributed by atoms with Crippen molar-refractivity contribution >= 4 is 65.2 Å². The van der Waals surface area contributed by atoms with Crippen molar-refractivity contribution in [1.82, 2.24) is 0 Å². The monoisotopic (exact) mass is 473 g/mol. The average molecular weight is 474 g/mol. The van der Waals surface area contributed by atoms with Gasteiger partial charge in [0, 0.05) is 29.0 Å². The molecule has 1 unspecified atom stereocenters. The predicted octanol–water partition coefficient (Wildman–Crippen LogP) is 2.93. The van der Waals surface area contributed by atoms with Crippen LogP contribution in [0.3, 0.4) is 0 Å². The van der Waals surface area contributed by atoms with Crippen molar-refractivity contribution in [3.8, 4) is 0 Å². The molecule has 0 amide bonds. The van der Waals surface area contributed by atoms with Gasteiger partial charge in [0.25, 0.3) is 14.5 Å². The van der Waals surface area contributed by atoms with Crippen molar-refractivity contribution < 1.29 is 30.5 Å². The Kier molecular flexibility index (Phi) is 7.94. The van der Waals surface area contributed by atoms with Crippen LogP contribution >= 0.6 is 34.7 Å². The summed E-state index contributed by atoms with van der Waals surface area (Å²) in [6.07, 6.45) is 1.01. The van der Waals surface area contributed by atoms with Gasteiger partial charge in [-0.1, -0.05) is 29.9 Å². The fourth-order valence-corrected chi connectivity index (χ4v) is 7.04. The van der Waals surface area contributed by atoms with Gasteiger partial charge < -0.3 is 4.55 Å². The molecular weight excluding hydrogens is 454 g/mol. The van der Waals surface area contributed by atoms with E-state index in [4.69, 9.17) is 11.6 Å². The van der Waals surface area contributed by atoms with Crippen LogP contribution in [0.5, 0.6) is 0 Å². The lowest BCUT2D eigenvalue weighted by atomic mass is 10.3. The van der Waals surface area contributed by atoms with Gasteiger partial charge in [-0.15, -0.1) is 0 Å². The summed E-state index contributed by atoms with van der Waals surface area (Å²) in [5, 5.41) is -0.313. The van der Waals surface area contributed by atoms with Gasteiger partial charge in [-0.25, -0.2) is 8.42 Å². The Balaban J connectivity index is 2.23. The van der Waals surface area contributed by atoms with Crippen LogP contribution in [0.4, 0.5) is 0 Å². The third kappa shape index (κ3) is 6.84. The molecule has 152 valence electrons. The smallest absolute Gasteiger partial charge is 0.298 e. The largest absolute Gasteiger partial charge is 0.748 e. The molecule has 2 aromatic rings. The van der Waals surface area contributed by atoms with Crippen molar-refractivity contribution in [3.05, 3.63) is 23.2 Å². The number of halogens is 1. The van der Waals surface area contributed by atoms with Gasteiger partial charge in [-0.3, -0.25) is 4.55 Å². The number of benzene rings is 1. The minimum Gasteiger partial charge on any atom is -0.748 e. The van der Waals surface area contributed by atoms with Crippen LogP contribution in [-0.2, 0) is 26.8 Å². The minimum absolute atomic E-state index is 0.199. The Morgan fingerprint density at radius 3 is 2.59 bits per heavy atom. The number of aryl methyl sites for hydroxylation is 1. The molecule has 0 aliphatic rings. The molecule has 0 bridgehead atoms. The number of rotatable bonds is 10. The van der Waals surface area contributed by atoms with Crippen molar-refractivity contribution in [2.75, 3.05) is 11.5 Å². The van der Waals surface area contributed by atoms with E-state index >= 15 is 0 Å². The highest BCUT2D eigenvalue weighted by molar-refractivity contribution is 8.01. The van der Waals surface area contributed by atoms with Crippen molar-refractivity contribution in [2.45, 2.75) is 42.3 Å². The summed E-state index contributed by atoms with van der Waals surface area (Å²) in [5.74, 6) is -0.218. The van der Waals surface area contributed by atoms with Crippen LogP contribution < -0.4 is 4.57 Å². The second kappa shape index (κ2) is 9.38. The van der Waals surface area contributed by atoms with Gasteiger partial charge >= 0.3 is 0 Å². The van der Waals surface area contributed by atoms with E-state index in [1.165, 1.54) is 23.1 Å². The van der Waals surface area contributed by atoms with E-state index in [9.17, 15) is 25.9 Å². The molecule has 0 aliphatic heterocycles. The first-order chi connectivity index (χ1) is 12.5.